The van der Waals surface area contributed by atoms with E-state index in [9.17, 15) is 0 Å². The van der Waals surface area contributed by atoms with Crippen molar-refractivity contribution in [2.75, 3.05) is 26.4 Å². The van der Waals surface area contributed by atoms with Gasteiger partial charge in [-0.3, -0.25) is 0 Å². The first-order valence-electron chi connectivity index (χ1n) is 6.43. The van der Waals surface area contributed by atoms with Crippen LogP contribution in [0.4, 0.5) is 0 Å². The van der Waals surface area contributed by atoms with Crippen molar-refractivity contribution in [2.45, 2.75) is 32.8 Å². The summed E-state index contributed by atoms with van der Waals surface area (Å²) >= 11 is 0. The summed E-state index contributed by atoms with van der Waals surface area (Å²) in [6.45, 7) is 13.7. The minimum Gasteiger partial charge on any atom is -0.494 e. The third kappa shape index (κ3) is 9.72. The Hall–Kier alpha value is -0.823. The largest absolute Gasteiger partial charge is 0.736 e. The van der Waals surface area contributed by atoms with E-state index < -0.39 is 9.53 Å². The van der Waals surface area contributed by atoms with Gasteiger partial charge in [0.2, 0.25) is 0 Å². The second-order valence-corrected chi connectivity index (χ2v) is 5.64. The van der Waals surface area contributed by atoms with Crippen LogP contribution in [0.3, 0.4) is 0 Å². The van der Waals surface area contributed by atoms with E-state index in [-0.39, 0.29) is 0 Å². The molecule has 0 spiro atoms. The summed E-state index contributed by atoms with van der Waals surface area (Å²) in [5.41, 5.74) is 0. The van der Waals surface area contributed by atoms with Crippen molar-refractivity contribution in [2.24, 2.45) is 0 Å². The zero-order valence-electron chi connectivity index (χ0n) is 11.8. The number of epoxide rings is 1. The molecule has 1 atom stereocenters. The van der Waals surface area contributed by atoms with Gasteiger partial charge in [0.1, 0.15) is 6.10 Å². The first-order chi connectivity index (χ1) is 9.08. The highest BCUT2D eigenvalue weighted by atomic mass is 28.3. The predicted molar refractivity (Wildman–Crippen MR) is 73.3 cm³/mol. The van der Waals surface area contributed by atoms with E-state index >= 15 is 0 Å². The SMILES string of the molecule is C=C(C)O[Si](OCCCCOCC1CO1)OC(=C)C. The quantitative estimate of drug-likeness (QED) is 0.238. The number of ether oxygens (including phenoxy) is 2. The molecule has 6 heteroatoms. The first-order valence-corrected chi connectivity index (χ1v) is 7.66. The maximum Gasteiger partial charge on any atom is 0.736 e. The molecule has 0 N–H and O–H groups in total. The van der Waals surface area contributed by atoms with Crippen molar-refractivity contribution in [3.63, 3.8) is 0 Å². The maximum atomic E-state index is 5.56. The predicted octanol–water partition coefficient (Wildman–Crippen LogP) is 2.28. The Labute approximate surface area is 117 Å². The Morgan fingerprint density at radius 1 is 1.16 bits per heavy atom. The lowest BCUT2D eigenvalue weighted by molar-refractivity contribution is 0.103. The van der Waals surface area contributed by atoms with Crippen LogP contribution in [0, 0.1) is 0 Å². The fourth-order valence-electron chi connectivity index (χ4n) is 1.21. The zero-order valence-corrected chi connectivity index (χ0v) is 12.8. The van der Waals surface area contributed by atoms with Gasteiger partial charge in [0, 0.05) is 13.2 Å². The average molecular weight is 287 g/mol. The normalized spacial score (nSPS) is 17.3. The lowest BCUT2D eigenvalue weighted by Crippen LogP contribution is -2.26. The van der Waals surface area contributed by atoms with E-state index in [2.05, 4.69) is 13.2 Å². The van der Waals surface area contributed by atoms with Crippen molar-refractivity contribution >= 4 is 9.53 Å². The molecule has 0 aliphatic carbocycles. The van der Waals surface area contributed by atoms with E-state index in [0.29, 0.717) is 30.8 Å². The summed E-state index contributed by atoms with van der Waals surface area (Å²) in [4.78, 5) is 0. The fraction of sp³-hybridized carbons (Fsp3) is 0.692. The van der Waals surface area contributed by atoms with Crippen molar-refractivity contribution in [3.8, 4) is 0 Å². The zero-order chi connectivity index (χ0) is 14.1. The van der Waals surface area contributed by atoms with Crippen LogP contribution in [0.2, 0.25) is 0 Å². The Kier molecular flexibility index (Phi) is 7.81. The number of hydrogen-bond donors (Lipinski definition) is 0. The van der Waals surface area contributed by atoms with Gasteiger partial charge in [-0.05, 0) is 26.7 Å². The highest BCUT2D eigenvalue weighted by molar-refractivity contribution is 6.37. The van der Waals surface area contributed by atoms with Crippen LogP contribution in [-0.2, 0) is 22.8 Å². The Morgan fingerprint density at radius 3 is 2.26 bits per heavy atom. The molecular formula is C13H23O5Si. The molecule has 109 valence electrons. The van der Waals surface area contributed by atoms with E-state index in [4.69, 9.17) is 22.8 Å². The molecule has 1 rings (SSSR count). The maximum absolute atomic E-state index is 5.56. The number of rotatable bonds is 12. The molecule has 0 amide bonds. The topological polar surface area (TPSA) is 49.5 Å². The molecule has 1 saturated heterocycles. The van der Waals surface area contributed by atoms with Gasteiger partial charge in [-0.25, -0.2) is 0 Å². The average Bonchev–Trinajstić information content (AvgIpc) is 3.09. The van der Waals surface area contributed by atoms with Crippen LogP contribution in [0.1, 0.15) is 26.7 Å². The van der Waals surface area contributed by atoms with E-state index in [1.165, 1.54) is 0 Å². The van der Waals surface area contributed by atoms with Gasteiger partial charge >= 0.3 is 9.53 Å². The van der Waals surface area contributed by atoms with Crippen molar-refractivity contribution < 1.29 is 22.8 Å². The van der Waals surface area contributed by atoms with Crippen LogP contribution in [0.25, 0.3) is 0 Å². The van der Waals surface area contributed by atoms with Gasteiger partial charge in [-0.15, -0.1) is 0 Å². The third-order valence-electron chi connectivity index (χ3n) is 2.12. The smallest absolute Gasteiger partial charge is 0.494 e. The molecule has 1 radical (unpaired) electrons. The first kappa shape index (κ1) is 16.2. The van der Waals surface area contributed by atoms with Crippen LogP contribution in [-0.4, -0.2) is 42.1 Å². The summed E-state index contributed by atoms with van der Waals surface area (Å²) in [6.07, 6.45) is 2.18. The minimum absolute atomic E-state index is 0.332. The molecule has 0 bridgehead atoms. The molecule has 1 heterocycles. The Bertz CT molecular complexity index is 275. The molecule has 0 aromatic rings. The minimum atomic E-state index is -1.80. The highest BCUT2D eigenvalue weighted by Crippen LogP contribution is 2.09. The molecule has 5 nitrogen and oxygen atoms in total. The second kappa shape index (κ2) is 9.14. The summed E-state index contributed by atoms with van der Waals surface area (Å²) in [5, 5.41) is 0. The number of hydrogen-bond acceptors (Lipinski definition) is 5. The molecule has 1 unspecified atom stereocenters. The number of unbranched alkanes of at least 4 members (excludes halogenated alkanes) is 1. The van der Waals surface area contributed by atoms with E-state index in [1.54, 1.807) is 13.8 Å². The summed E-state index contributed by atoms with van der Waals surface area (Å²) in [5.74, 6) is 1.17. The lowest BCUT2D eigenvalue weighted by atomic mass is 10.3. The van der Waals surface area contributed by atoms with Gasteiger partial charge in [0.25, 0.3) is 0 Å². The standard InChI is InChI=1S/C13H23O5Si/c1-11(2)17-19(18-12(3)4)16-8-6-5-7-14-9-13-10-15-13/h13H,1,3,5-10H2,2,4H3. The van der Waals surface area contributed by atoms with Crippen LogP contribution in [0.15, 0.2) is 24.7 Å². The molecule has 1 aliphatic rings. The lowest BCUT2D eigenvalue weighted by Gasteiger charge is -2.15. The van der Waals surface area contributed by atoms with Crippen molar-refractivity contribution in [3.05, 3.63) is 24.7 Å². The molecule has 19 heavy (non-hydrogen) atoms. The van der Waals surface area contributed by atoms with Gasteiger partial charge < -0.3 is 22.8 Å². The van der Waals surface area contributed by atoms with Crippen molar-refractivity contribution in [1.29, 1.82) is 0 Å². The molecule has 0 aromatic carbocycles. The monoisotopic (exact) mass is 287 g/mol. The van der Waals surface area contributed by atoms with Gasteiger partial charge in [0.15, 0.2) is 0 Å². The van der Waals surface area contributed by atoms with Crippen LogP contribution < -0.4 is 0 Å². The Morgan fingerprint density at radius 2 is 1.74 bits per heavy atom. The van der Waals surface area contributed by atoms with Gasteiger partial charge in [0.05, 0.1) is 24.7 Å². The fourth-order valence-corrected chi connectivity index (χ4v) is 2.24. The molecule has 0 aromatic heterocycles. The molecule has 1 fully saturated rings. The molecule has 1 aliphatic heterocycles. The van der Waals surface area contributed by atoms with E-state index in [0.717, 1.165) is 26.1 Å². The summed E-state index contributed by atoms with van der Waals surface area (Å²) in [6, 6.07) is 0. The second-order valence-electron chi connectivity index (χ2n) is 4.44. The molecule has 0 saturated carbocycles. The number of allylic oxidation sites excluding steroid dienone is 2. The van der Waals surface area contributed by atoms with Crippen LogP contribution in [0.5, 0.6) is 0 Å². The van der Waals surface area contributed by atoms with Crippen molar-refractivity contribution in [1.82, 2.24) is 0 Å². The van der Waals surface area contributed by atoms with Gasteiger partial charge in [-0.1, -0.05) is 13.2 Å². The molecular weight excluding hydrogens is 264 g/mol. The summed E-state index contributed by atoms with van der Waals surface area (Å²) in [7, 11) is -1.80. The summed E-state index contributed by atoms with van der Waals surface area (Å²) < 4.78 is 26.8. The van der Waals surface area contributed by atoms with E-state index in [1.807, 2.05) is 0 Å². The Balaban J connectivity index is 1.98. The third-order valence-corrected chi connectivity index (χ3v) is 3.59. The van der Waals surface area contributed by atoms with Crippen LogP contribution >= 0.6 is 0 Å². The van der Waals surface area contributed by atoms with Gasteiger partial charge in [-0.2, -0.15) is 0 Å². The highest BCUT2D eigenvalue weighted by Gasteiger charge is 2.24.